The topological polar surface area (TPSA) is 41.4 Å². The Morgan fingerprint density at radius 1 is 1.24 bits per heavy atom. The largest absolute Gasteiger partial charge is 0.338 e. The number of carbonyl (C=O) groups is 1. The van der Waals surface area contributed by atoms with Crippen LogP contribution in [-0.4, -0.2) is 57.7 Å². The van der Waals surface area contributed by atoms with Crippen molar-refractivity contribution in [3.63, 3.8) is 0 Å². The average Bonchev–Trinajstić information content (AvgIpc) is 3.16. The number of likely N-dealkylation sites (tertiary alicyclic amines) is 2. The van der Waals surface area contributed by atoms with Crippen LogP contribution in [0.4, 0.5) is 0 Å². The molecule has 0 radical (unpaired) electrons. The van der Waals surface area contributed by atoms with Gasteiger partial charge in [-0.25, -0.2) is 0 Å². The van der Waals surface area contributed by atoms with Crippen LogP contribution in [0.1, 0.15) is 37.7 Å². The predicted molar refractivity (Wildman–Crippen MR) is 81.9 cm³/mol. The highest BCUT2D eigenvalue weighted by Gasteiger charge is 2.37. The Labute approximate surface area is 126 Å². The summed E-state index contributed by atoms with van der Waals surface area (Å²) in [5, 5.41) is 4.17. The van der Waals surface area contributed by atoms with E-state index < -0.39 is 0 Å². The Morgan fingerprint density at radius 3 is 2.67 bits per heavy atom. The Kier molecular flexibility index (Phi) is 4.29. The second kappa shape index (κ2) is 6.18. The van der Waals surface area contributed by atoms with Gasteiger partial charge in [-0.1, -0.05) is 0 Å². The summed E-state index contributed by atoms with van der Waals surface area (Å²) >= 11 is 0. The number of carbonyl (C=O) groups excluding carboxylic acids is 1. The third-order valence-electron chi connectivity index (χ3n) is 5.03. The van der Waals surface area contributed by atoms with Crippen molar-refractivity contribution in [3.8, 4) is 0 Å². The van der Waals surface area contributed by atoms with Crippen LogP contribution in [0.25, 0.3) is 0 Å². The molecular weight excluding hydrogens is 264 g/mol. The molecule has 116 valence electrons. The molecule has 5 nitrogen and oxygen atoms in total. The van der Waals surface area contributed by atoms with E-state index in [1.54, 1.807) is 4.68 Å². The minimum absolute atomic E-state index is 0.321. The van der Waals surface area contributed by atoms with E-state index in [0.29, 0.717) is 24.4 Å². The van der Waals surface area contributed by atoms with Gasteiger partial charge in [-0.2, -0.15) is 5.10 Å². The van der Waals surface area contributed by atoms with Crippen molar-refractivity contribution in [1.29, 1.82) is 0 Å². The van der Waals surface area contributed by atoms with E-state index in [9.17, 15) is 4.79 Å². The highest BCUT2D eigenvalue weighted by molar-refractivity contribution is 5.77. The van der Waals surface area contributed by atoms with Crippen LogP contribution in [-0.2, 0) is 18.3 Å². The lowest BCUT2D eigenvalue weighted by Crippen LogP contribution is -2.47. The fraction of sp³-hybridized carbons (Fsp3) is 0.750. The molecule has 0 aliphatic carbocycles. The highest BCUT2D eigenvalue weighted by Crippen LogP contribution is 2.29. The van der Waals surface area contributed by atoms with E-state index in [1.807, 2.05) is 19.4 Å². The molecule has 3 heterocycles. The van der Waals surface area contributed by atoms with Crippen LogP contribution in [0.15, 0.2) is 12.4 Å². The quantitative estimate of drug-likeness (QED) is 0.842. The number of nitrogens with zero attached hydrogens (tertiary/aromatic N) is 4. The number of hydrogen-bond donors (Lipinski definition) is 0. The first kappa shape index (κ1) is 14.6. The summed E-state index contributed by atoms with van der Waals surface area (Å²) < 4.78 is 1.80. The van der Waals surface area contributed by atoms with Crippen LogP contribution < -0.4 is 0 Å². The third kappa shape index (κ3) is 3.12. The molecule has 0 bridgehead atoms. The van der Waals surface area contributed by atoms with Gasteiger partial charge in [0.15, 0.2) is 0 Å². The maximum atomic E-state index is 12.6. The fourth-order valence-corrected chi connectivity index (χ4v) is 3.92. The molecule has 0 aromatic carbocycles. The zero-order chi connectivity index (χ0) is 14.8. The fourth-order valence-electron chi connectivity index (χ4n) is 3.92. The summed E-state index contributed by atoms with van der Waals surface area (Å²) in [6, 6.07) is 1.02. The lowest BCUT2D eigenvalue weighted by molar-refractivity contribution is -0.132. The van der Waals surface area contributed by atoms with E-state index in [1.165, 1.54) is 25.8 Å². The number of aryl methyl sites for hydroxylation is 2. The van der Waals surface area contributed by atoms with Crippen molar-refractivity contribution < 1.29 is 4.79 Å². The van der Waals surface area contributed by atoms with Crippen molar-refractivity contribution in [2.75, 3.05) is 20.1 Å². The minimum Gasteiger partial charge on any atom is -0.338 e. The standard InChI is InChI=1S/C16H26N4O/c1-18-9-3-5-14(18)15-6-4-10-20(15)16(21)8-7-13-11-17-19(2)12-13/h11-12,14-15H,3-10H2,1-2H3. The summed E-state index contributed by atoms with van der Waals surface area (Å²) in [6.07, 6.45) is 10.1. The van der Waals surface area contributed by atoms with Gasteiger partial charge >= 0.3 is 0 Å². The Hall–Kier alpha value is -1.36. The monoisotopic (exact) mass is 290 g/mol. The third-order valence-corrected chi connectivity index (χ3v) is 5.03. The second-order valence-corrected chi connectivity index (χ2v) is 6.51. The lowest BCUT2D eigenvalue weighted by Gasteiger charge is -2.33. The zero-order valence-corrected chi connectivity index (χ0v) is 13.2. The van der Waals surface area contributed by atoms with Crippen LogP contribution in [0.2, 0.25) is 0 Å². The molecule has 1 aromatic heterocycles. The molecule has 0 saturated carbocycles. The van der Waals surface area contributed by atoms with Crippen molar-refractivity contribution in [2.45, 2.75) is 50.6 Å². The van der Waals surface area contributed by atoms with Gasteiger partial charge in [0.05, 0.1) is 6.20 Å². The highest BCUT2D eigenvalue weighted by atomic mass is 16.2. The van der Waals surface area contributed by atoms with E-state index in [4.69, 9.17) is 0 Å². The molecule has 0 spiro atoms. The van der Waals surface area contributed by atoms with Crippen LogP contribution in [0.5, 0.6) is 0 Å². The van der Waals surface area contributed by atoms with Crippen molar-refractivity contribution in [1.82, 2.24) is 19.6 Å². The molecule has 2 fully saturated rings. The molecular formula is C16H26N4O. The van der Waals surface area contributed by atoms with Gasteiger partial charge in [0, 0.05) is 38.3 Å². The Bertz CT molecular complexity index is 498. The Balaban J connectivity index is 1.58. The first-order chi connectivity index (χ1) is 10.1. The van der Waals surface area contributed by atoms with E-state index in [-0.39, 0.29) is 0 Å². The Morgan fingerprint density at radius 2 is 2.00 bits per heavy atom. The van der Waals surface area contributed by atoms with Crippen molar-refractivity contribution in [3.05, 3.63) is 18.0 Å². The molecule has 3 rings (SSSR count). The normalized spacial score (nSPS) is 26.7. The van der Waals surface area contributed by atoms with E-state index in [2.05, 4.69) is 21.9 Å². The van der Waals surface area contributed by atoms with E-state index in [0.717, 1.165) is 24.9 Å². The van der Waals surface area contributed by atoms with Gasteiger partial charge in [0.1, 0.15) is 0 Å². The van der Waals surface area contributed by atoms with Crippen LogP contribution >= 0.6 is 0 Å². The predicted octanol–water partition coefficient (Wildman–Crippen LogP) is 1.44. The average molecular weight is 290 g/mol. The molecule has 1 aromatic rings. The summed E-state index contributed by atoms with van der Waals surface area (Å²) in [5.41, 5.74) is 1.15. The molecule has 1 amide bonds. The second-order valence-electron chi connectivity index (χ2n) is 6.51. The van der Waals surface area contributed by atoms with Gasteiger partial charge in [-0.15, -0.1) is 0 Å². The summed E-state index contributed by atoms with van der Waals surface area (Å²) in [7, 11) is 4.12. The summed E-state index contributed by atoms with van der Waals surface area (Å²) in [4.78, 5) is 17.2. The molecule has 2 atom stereocenters. The maximum absolute atomic E-state index is 12.6. The first-order valence-electron chi connectivity index (χ1n) is 8.12. The smallest absolute Gasteiger partial charge is 0.223 e. The molecule has 5 heteroatoms. The molecule has 2 unspecified atom stereocenters. The molecule has 2 aliphatic heterocycles. The van der Waals surface area contributed by atoms with Gasteiger partial charge in [0.2, 0.25) is 5.91 Å². The van der Waals surface area contributed by atoms with Crippen LogP contribution in [0, 0.1) is 0 Å². The van der Waals surface area contributed by atoms with Crippen LogP contribution in [0.3, 0.4) is 0 Å². The molecule has 2 saturated heterocycles. The minimum atomic E-state index is 0.321. The summed E-state index contributed by atoms with van der Waals surface area (Å²) in [6.45, 7) is 2.12. The number of likely N-dealkylation sites (N-methyl/N-ethyl adjacent to an activating group) is 1. The molecule has 21 heavy (non-hydrogen) atoms. The van der Waals surface area contributed by atoms with Crippen molar-refractivity contribution >= 4 is 5.91 Å². The van der Waals surface area contributed by atoms with E-state index >= 15 is 0 Å². The molecule has 0 N–H and O–H groups in total. The number of aromatic nitrogens is 2. The zero-order valence-electron chi connectivity index (χ0n) is 13.2. The van der Waals surface area contributed by atoms with Gasteiger partial charge in [-0.05, 0) is 51.3 Å². The summed E-state index contributed by atoms with van der Waals surface area (Å²) in [5.74, 6) is 0.321. The SMILES string of the molecule is CN1CCCC1C1CCCN1C(=O)CCc1cnn(C)c1. The lowest BCUT2D eigenvalue weighted by atomic mass is 10.0. The first-order valence-corrected chi connectivity index (χ1v) is 8.12. The molecule has 2 aliphatic rings. The van der Waals surface area contributed by atoms with Gasteiger partial charge in [-0.3, -0.25) is 9.48 Å². The maximum Gasteiger partial charge on any atom is 0.223 e. The van der Waals surface area contributed by atoms with Crippen molar-refractivity contribution in [2.24, 2.45) is 7.05 Å². The van der Waals surface area contributed by atoms with Gasteiger partial charge < -0.3 is 9.80 Å². The number of rotatable bonds is 4. The number of hydrogen-bond acceptors (Lipinski definition) is 3. The number of amides is 1. The van der Waals surface area contributed by atoms with Gasteiger partial charge in [0.25, 0.3) is 0 Å².